The molecule has 0 aromatic heterocycles. The molecule has 2 rings (SSSR count). The zero-order valence-electron chi connectivity index (χ0n) is 11.0. The second-order valence-electron chi connectivity index (χ2n) is 5.09. The number of rotatable bonds is 1. The molecule has 1 aromatic carbocycles. The minimum Gasteiger partial charge on any atom is -0.399 e. The molecule has 0 bridgehead atoms. The summed E-state index contributed by atoms with van der Waals surface area (Å²) in [6.45, 7) is 4.22. The number of piperidine rings is 1. The molecule has 1 heterocycles. The quantitative estimate of drug-likeness (QED) is 0.749. The molecule has 18 heavy (non-hydrogen) atoms. The van der Waals surface area contributed by atoms with E-state index in [9.17, 15) is 4.79 Å². The molecule has 1 fully saturated rings. The van der Waals surface area contributed by atoms with Gasteiger partial charge in [0, 0.05) is 23.5 Å². The molecule has 1 aromatic rings. The minimum absolute atomic E-state index is 0.0144. The molecule has 1 aliphatic rings. The first kappa shape index (κ1) is 12.7. The van der Waals surface area contributed by atoms with Crippen molar-refractivity contribution < 1.29 is 4.79 Å². The van der Waals surface area contributed by atoms with E-state index >= 15 is 0 Å². The highest BCUT2D eigenvalue weighted by atomic mass is 16.2. The zero-order valence-corrected chi connectivity index (χ0v) is 11.0. The molecule has 0 saturated carbocycles. The smallest absolute Gasteiger partial charge is 0.322 e. The lowest BCUT2D eigenvalue weighted by atomic mass is 9.98. The fraction of sp³-hybridized carbons (Fsp3) is 0.500. The molecule has 2 amide bonds. The zero-order chi connectivity index (χ0) is 13.1. The van der Waals surface area contributed by atoms with E-state index in [1.807, 2.05) is 17.0 Å². The van der Waals surface area contributed by atoms with Crippen molar-refractivity contribution in [2.75, 3.05) is 11.1 Å². The minimum atomic E-state index is -0.0144. The van der Waals surface area contributed by atoms with E-state index in [1.54, 1.807) is 12.1 Å². The van der Waals surface area contributed by atoms with Crippen LogP contribution in [0.2, 0.25) is 0 Å². The van der Waals surface area contributed by atoms with Crippen LogP contribution in [0.25, 0.3) is 0 Å². The van der Waals surface area contributed by atoms with Crippen LogP contribution in [0, 0.1) is 0 Å². The summed E-state index contributed by atoms with van der Waals surface area (Å²) in [5.41, 5.74) is 7.11. The molecular weight excluding hydrogens is 226 g/mol. The number of urea groups is 1. The van der Waals surface area contributed by atoms with Gasteiger partial charge in [-0.3, -0.25) is 0 Å². The monoisotopic (exact) mass is 247 g/mol. The number of benzene rings is 1. The van der Waals surface area contributed by atoms with Gasteiger partial charge in [0.25, 0.3) is 0 Å². The summed E-state index contributed by atoms with van der Waals surface area (Å²) in [6.07, 6.45) is 3.37. The molecule has 3 N–H and O–H groups in total. The highest BCUT2D eigenvalue weighted by Gasteiger charge is 2.28. The molecule has 4 heteroatoms. The maximum Gasteiger partial charge on any atom is 0.322 e. The van der Waals surface area contributed by atoms with Gasteiger partial charge in [-0.15, -0.1) is 0 Å². The van der Waals surface area contributed by atoms with Crippen molar-refractivity contribution >= 4 is 17.4 Å². The number of carbonyl (C=O) groups is 1. The molecule has 0 radical (unpaired) electrons. The standard InChI is InChI=1S/C14H21N3O/c1-10-4-3-5-11(2)17(10)14(18)16-13-8-6-12(15)7-9-13/h6-11H,3-5,15H2,1-2H3,(H,16,18)/t10-,11+. The van der Waals surface area contributed by atoms with Crippen LogP contribution >= 0.6 is 0 Å². The van der Waals surface area contributed by atoms with Crippen LogP contribution in [-0.2, 0) is 0 Å². The van der Waals surface area contributed by atoms with Crippen molar-refractivity contribution in [3.63, 3.8) is 0 Å². The topological polar surface area (TPSA) is 58.4 Å². The predicted octanol–water partition coefficient (Wildman–Crippen LogP) is 3.06. The molecule has 1 saturated heterocycles. The molecule has 4 nitrogen and oxygen atoms in total. The maximum absolute atomic E-state index is 12.3. The Labute approximate surface area is 108 Å². The molecule has 0 unspecified atom stereocenters. The van der Waals surface area contributed by atoms with E-state index in [1.165, 1.54) is 6.42 Å². The number of amides is 2. The number of hydrogen-bond donors (Lipinski definition) is 2. The third-order valence-electron chi connectivity index (χ3n) is 3.59. The van der Waals surface area contributed by atoms with Gasteiger partial charge in [-0.05, 0) is 57.4 Å². The van der Waals surface area contributed by atoms with Crippen LogP contribution in [0.5, 0.6) is 0 Å². The summed E-state index contributed by atoms with van der Waals surface area (Å²) in [5.74, 6) is 0. The number of nitrogens with one attached hydrogen (secondary N) is 1. The number of hydrogen-bond acceptors (Lipinski definition) is 2. The van der Waals surface area contributed by atoms with Gasteiger partial charge in [-0.2, -0.15) is 0 Å². The lowest BCUT2D eigenvalue weighted by molar-refractivity contribution is 0.133. The second kappa shape index (κ2) is 5.29. The first-order valence-corrected chi connectivity index (χ1v) is 6.53. The Morgan fingerprint density at radius 3 is 2.33 bits per heavy atom. The summed E-state index contributed by atoms with van der Waals surface area (Å²) >= 11 is 0. The molecule has 1 aliphatic heterocycles. The first-order chi connectivity index (χ1) is 8.58. The number of carbonyl (C=O) groups excluding carboxylic acids is 1. The summed E-state index contributed by atoms with van der Waals surface area (Å²) in [5, 5.41) is 2.93. The van der Waals surface area contributed by atoms with Gasteiger partial charge >= 0.3 is 6.03 Å². The average molecular weight is 247 g/mol. The Bertz CT molecular complexity index is 406. The van der Waals surface area contributed by atoms with Crippen molar-refractivity contribution in [1.29, 1.82) is 0 Å². The van der Waals surface area contributed by atoms with Crippen LogP contribution in [0.4, 0.5) is 16.2 Å². The largest absolute Gasteiger partial charge is 0.399 e. The Balaban J connectivity index is 2.04. The van der Waals surface area contributed by atoms with Crippen molar-refractivity contribution in [3.8, 4) is 0 Å². The summed E-state index contributed by atoms with van der Waals surface area (Å²) < 4.78 is 0. The van der Waals surface area contributed by atoms with E-state index in [2.05, 4.69) is 19.2 Å². The number of nitrogens with zero attached hydrogens (tertiary/aromatic N) is 1. The van der Waals surface area contributed by atoms with Crippen LogP contribution in [-0.4, -0.2) is 23.0 Å². The second-order valence-corrected chi connectivity index (χ2v) is 5.09. The number of nitrogens with two attached hydrogens (primary N) is 1. The van der Waals surface area contributed by atoms with Gasteiger partial charge < -0.3 is 16.0 Å². The Morgan fingerprint density at radius 1 is 1.22 bits per heavy atom. The van der Waals surface area contributed by atoms with E-state index < -0.39 is 0 Å². The Morgan fingerprint density at radius 2 is 1.78 bits per heavy atom. The maximum atomic E-state index is 12.3. The van der Waals surface area contributed by atoms with Gasteiger partial charge in [0.2, 0.25) is 0 Å². The van der Waals surface area contributed by atoms with Gasteiger partial charge in [0.05, 0.1) is 0 Å². The van der Waals surface area contributed by atoms with Crippen molar-refractivity contribution in [2.45, 2.75) is 45.2 Å². The van der Waals surface area contributed by atoms with Crippen LogP contribution in [0.1, 0.15) is 33.1 Å². The Kier molecular flexibility index (Phi) is 3.75. The SMILES string of the molecule is C[C@@H]1CCC[C@H](C)N1C(=O)Nc1ccc(N)cc1. The van der Waals surface area contributed by atoms with Crippen molar-refractivity contribution in [2.24, 2.45) is 0 Å². The van der Waals surface area contributed by atoms with Gasteiger partial charge in [-0.1, -0.05) is 0 Å². The predicted molar refractivity (Wildman–Crippen MR) is 74.5 cm³/mol. The van der Waals surface area contributed by atoms with Gasteiger partial charge in [0.15, 0.2) is 0 Å². The first-order valence-electron chi connectivity index (χ1n) is 6.53. The molecule has 2 atom stereocenters. The van der Waals surface area contributed by atoms with E-state index in [4.69, 9.17) is 5.73 Å². The van der Waals surface area contributed by atoms with E-state index in [-0.39, 0.29) is 6.03 Å². The lowest BCUT2D eigenvalue weighted by Crippen LogP contribution is -2.49. The van der Waals surface area contributed by atoms with E-state index in [0.29, 0.717) is 17.8 Å². The number of likely N-dealkylation sites (tertiary alicyclic amines) is 1. The molecule has 0 spiro atoms. The average Bonchev–Trinajstić information content (AvgIpc) is 2.32. The van der Waals surface area contributed by atoms with Crippen LogP contribution in [0.15, 0.2) is 24.3 Å². The van der Waals surface area contributed by atoms with Gasteiger partial charge in [0.1, 0.15) is 0 Å². The van der Waals surface area contributed by atoms with E-state index in [0.717, 1.165) is 18.5 Å². The van der Waals surface area contributed by atoms with Crippen LogP contribution in [0.3, 0.4) is 0 Å². The molecular formula is C14H21N3O. The van der Waals surface area contributed by atoms with Crippen LogP contribution < -0.4 is 11.1 Å². The summed E-state index contributed by atoms with van der Waals surface area (Å²) in [6, 6.07) is 7.83. The third-order valence-corrected chi connectivity index (χ3v) is 3.59. The highest BCUT2D eigenvalue weighted by Crippen LogP contribution is 2.23. The molecule has 98 valence electrons. The van der Waals surface area contributed by atoms with Gasteiger partial charge in [-0.25, -0.2) is 4.79 Å². The fourth-order valence-corrected chi connectivity index (χ4v) is 2.58. The Hall–Kier alpha value is -1.71. The normalized spacial score (nSPS) is 23.8. The summed E-state index contributed by atoms with van der Waals surface area (Å²) in [7, 11) is 0. The highest BCUT2D eigenvalue weighted by molar-refractivity contribution is 5.90. The summed E-state index contributed by atoms with van der Waals surface area (Å²) in [4.78, 5) is 14.2. The fourth-order valence-electron chi connectivity index (χ4n) is 2.58. The lowest BCUT2D eigenvalue weighted by Gasteiger charge is -2.38. The number of nitrogen functional groups attached to an aromatic ring is 1. The molecule has 0 aliphatic carbocycles. The van der Waals surface area contributed by atoms with Crippen molar-refractivity contribution in [1.82, 2.24) is 4.90 Å². The third kappa shape index (κ3) is 2.75. The number of anilines is 2. The van der Waals surface area contributed by atoms with Crippen molar-refractivity contribution in [3.05, 3.63) is 24.3 Å².